The first-order valence-corrected chi connectivity index (χ1v) is 7.59. The Morgan fingerprint density at radius 3 is 2.36 bits per heavy atom. The Morgan fingerprint density at radius 2 is 1.77 bits per heavy atom. The number of nitro groups is 1. The van der Waals surface area contributed by atoms with E-state index in [4.69, 9.17) is 5.26 Å². The number of anilines is 1. The van der Waals surface area contributed by atoms with E-state index in [9.17, 15) is 18.5 Å². The van der Waals surface area contributed by atoms with Gasteiger partial charge in [-0.25, -0.2) is 22.9 Å². The molecule has 0 saturated heterocycles. The number of nitro benzene ring substituents is 1. The molecule has 3 rings (SSSR count). The van der Waals surface area contributed by atoms with E-state index in [1.807, 2.05) is 0 Å². The molecule has 0 aliphatic carbocycles. The minimum atomic E-state index is -3.92. The molecular formula is C13H10N2O6S. The summed E-state index contributed by atoms with van der Waals surface area (Å²) in [6, 6.07) is 11.1. The van der Waals surface area contributed by atoms with Crippen molar-refractivity contribution in [1.82, 2.24) is 0 Å². The number of hydrogen-bond acceptors (Lipinski definition) is 6. The summed E-state index contributed by atoms with van der Waals surface area (Å²) in [6.45, 7) is 0. The molecule has 1 N–H and O–H groups in total. The molecule has 0 spiro atoms. The number of non-ortho nitro benzene ring substituents is 1. The van der Waals surface area contributed by atoms with Crippen molar-refractivity contribution in [2.75, 3.05) is 4.31 Å². The van der Waals surface area contributed by atoms with E-state index in [-0.39, 0.29) is 16.3 Å². The minimum Gasteiger partial charge on any atom is -0.258 e. The van der Waals surface area contributed by atoms with Crippen molar-refractivity contribution in [1.29, 1.82) is 0 Å². The van der Waals surface area contributed by atoms with E-state index in [1.54, 1.807) is 12.1 Å². The number of nitrogens with zero attached hydrogens (tertiary/aromatic N) is 2. The van der Waals surface area contributed by atoms with E-state index in [0.29, 0.717) is 5.56 Å². The largest absolute Gasteiger partial charge is 0.269 e. The molecule has 8 nitrogen and oxygen atoms in total. The summed E-state index contributed by atoms with van der Waals surface area (Å²) in [6.07, 6.45) is -1.23. The van der Waals surface area contributed by atoms with Crippen LogP contribution in [0.3, 0.4) is 0 Å². The quantitative estimate of drug-likeness (QED) is 0.527. The molecule has 22 heavy (non-hydrogen) atoms. The van der Waals surface area contributed by atoms with E-state index in [0.717, 1.165) is 4.31 Å². The van der Waals surface area contributed by atoms with E-state index < -0.39 is 21.2 Å². The van der Waals surface area contributed by atoms with Crippen LogP contribution in [0.1, 0.15) is 11.8 Å². The topological polar surface area (TPSA) is 110 Å². The van der Waals surface area contributed by atoms with Gasteiger partial charge in [0.15, 0.2) is 0 Å². The molecule has 0 saturated carbocycles. The highest BCUT2D eigenvalue weighted by Crippen LogP contribution is 2.42. The maximum atomic E-state index is 12.6. The first-order valence-electron chi connectivity index (χ1n) is 6.15. The van der Waals surface area contributed by atoms with Crippen LogP contribution < -0.4 is 4.31 Å². The molecule has 0 amide bonds. The van der Waals surface area contributed by atoms with Crippen LogP contribution in [0, 0.1) is 10.1 Å². The predicted molar refractivity (Wildman–Crippen MR) is 75.7 cm³/mol. The summed E-state index contributed by atoms with van der Waals surface area (Å²) in [5, 5.41) is 19.8. The Kier molecular flexibility index (Phi) is 3.32. The van der Waals surface area contributed by atoms with Crippen molar-refractivity contribution in [2.24, 2.45) is 0 Å². The van der Waals surface area contributed by atoms with Crippen molar-refractivity contribution in [3.63, 3.8) is 0 Å². The first-order chi connectivity index (χ1) is 10.5. The summed E-state index contributed by atoms with van der Waals surface area (Å²) in [7, 11) is -3.92. The normalized spacial score (nSPS) is 19.0. The molecular weight excluding hydrogens is 312 g/mol. The van der Waals surface area contributed by atoms with Crippen LogP contribution in [0.2, 0.25) is 0 Å². The van der Waals surface area contributed by atoms with Gasteiger partial charge in [0.25, 0.3) is 15.7 Å². The SMILES string of the molecule is O=[N+]([O-])c1ccc(N2[C@@H](OO)c3ccccc3S2(=O)=O)cc1. The number of fused-ring (bicyclic) bond motifs is 1. The zero-order valence-electron chi connectivity index (χ0n) is 11.0. The lowest BCUT2D eigenvalue weighted by atomic mass is 10.2. The third-order valence-electron chi connectivity index (χ3n) is 3.35. The molecule has 0 unspecified atom stereocenters. The Hall–Kier alpha value is -2.49. The van der Waals surface area contributed by atoms with Gasteiger partial charge in [-0.3, -0.25) is 10.1 Å². The van der Waals surface area contributed by atoms with Gasteiger partial charge in [-0.1, -0.05) is 18.2 Å². The third kappa shape index (κ3) is 2.03. The van der Waals surface area contributed by atoms with Gasteiger partial charge in [-0.05, 0) is 18.2 Å². The van der Waals surface area contributed by atoms with Crippen LogP contribution in [0.5, 0.6) is 0 Å². The van der Waals surface area contributed by atoms with Crippen molar-refractivity contribution in [2.45, 2.75) is 11.1 Å². The lowest BCUT2D eigenvalue weighted by Crippen LogP contribution is -2.29. The second-order valence-electron chi connectivity index (χ2n) is 4.57. The molecule has 114 valence electrons. The van der Waals surface area contributed by atoms with Gasteiger partial charge in [0.1, 0.15) is 0 Å². The first kappa shape index (κ1) is 14.4. The third-order valence-corrected chi connectivity index (χ3v) is 5.20. The van der Waals surface area contributed by atoms with E-state index in [1.165, 1.54) is 36.4 Å². The van der Waals surface area contributed by atoms with Gasteiger partial charge in [-0.15, -0.1) is 0 Å². The van der Waals surface area contributed by atoms with Crippen LogP contribution in [0.4, 0.5) is 11.4 Å². The number of benzene rings is 2. The monoisotopic (exact) mass is 322 g/mol. The van der Waals surface area contributed by atoms with Crippen molar-refractivity contribution in [3.8, 4) is 0 Å². The van der Waals surface area contributed by atoms with Crippen molar-refractivity contribution >= 4 is 21.4 Å². The molecule has 2 aromatic rings. The molecule has 0 fully saturated rings. The fourth-order valence-corrected chi connectivity index (χ4v) is 4.11. The number of hydrogen-bond donors (Lipinski definition) is 1. The van der Waals surface area contributed by atoms with Gasteiger partial charge in [0, 0.05) is 17.7 Å². The Balaban J connectivity index is 2.13. The minimum absolute atomic E-state index is 0.0207. The molecule has 2 aromatic carbocycles. The lowest BCUT2D eigenvalue weighted by molar-refractivity contribution is -0.384. The molecule has 9 heteroatoms. The zero-order chi connectivity index (χ0) is 15.9. The van der Waals surface area contributed by atoms with Crippen LogP contribution in [-0.2, 0) is 14.9 Å². The van der Waals surface area contributed by atoms with E-state index in [2.05, 4.69) is 4.89 Å². The second-order valence-corrected chi connectivity index (χ2v) is 6.35. The fourth-order valence-electron chi connectivity index (χ4n) is 2.37. The number of sulfonamides is 1. The zero-order valence-corrected chi connectivity index (χ0v) is 11.8. The van der Waals surface area contributed by atoms with Crippen LogP contribution in [0.15, 0.2) is 53.4 Å². The Bertz CT molecular complexity index is 834. The van der Waals surface area contributed by atoms with Gasteiger partial charge in [0.2, 0.25) is 6.23 Å². The summed E-state index contributed by atoms with van der Waals surface area (Å²) in [4.78, 5) is 14.4. The Morgan fingerprint density at radius 1 is 1.14 bits per heavy atom. The fraction of sp³-hybridized carbons (Fsp3) is 0.0769. The Labute approximate surface area is 125 Å². The summed E-state index contributed by atoms with van der Waals surface area (Å²) >= 11 is 0. The molecule has 1 atom stereocenters. The van der Waals surface area contributed by atoms with Crippen molar-refractivity contribution < 1.29 is 23.5 Å². The predicted octanol–water partition coefficient (Wildman–Crippen LogP) is 2.29. The van der Waals surface area contributed by atoms with Gasteiger partial charge in [0.05, 0.1) is 15.5 Å². The summed E-state index contributed by atoms with van der Waals surface area (Å²) in [5.74, 6) is 0. The summed E-state index contributed by atoms with van der Waals surface area (Å²) in [5.41, 5.74) is 0.281. The maximum absolute atomic E-state index is 12.6. The average molecular weight is 322 g/mol. The molecule has 1 aliphatic rings. The van der Waals surface area contributed by atoms with Crippen LogP contribution in [-0.4, -0.2) is 18.6 Å². The molecule has 0 radical (unpaired) electrons. The summed E-state index contributed by atoms with van der Waals surface area (Å²) < 4.78 is 26.0. The standard InChI is InChI=1S/C13H10N2O6S/c16-15(17)10-7-5-9(6-8-10)14-13(21-18)11-3-1-2-4-12(11)22(14,19)20/h1-8,13,18H/t13-/m0/s1. The van der Waals surface area contributed by atoms with E-state index >= 15 is 0 Å². The van der Waals surface area contributed by atoms with Gasteiger partial charge in [-0.2, -0.15) is 0 Å². The second kappa shape index (κ2) is 5.05. The van der Waals surface area contributed by atoms with Gasteiger partial charge < -0.3 is 0 Å². The highest BCUT2D eigenvalue weighted by Gasteiger charge is 2.44. The number of rotatable bonds is 3. The maximum Gasteiger partial charge on any atom is 0.269 e. The van der Waals surface area contributed by atoms with Gasteiger partial charge >= 0.3 is 0 Å². The van der Waals surface area contributed by atoms with Crippen molar-refractivity contribution in [3.05, 3.63) is 64.2 Å². The molecule has 0 aromatic heterocycles. The molecule has 1 heterocycles. The van der Waals surface area contributed by atoms with Crippen LogP contribution >= 0.6 is 0 Å². The highest BCUT2D eigenvalue weighted by molar-refractivity contribution is 7.93. The van der Waals surface area contributed by atoms with Crippen LogP contribution in [0.25, 0.3) is 0 Å². The highest BCUT2D eigenvalue weighted by atomic mass is 32.2. The molecule has 1 aliphatic heterocycles. The lowest BCUT2D eigenvalue weighted by Gasteiger charge is -2.22. The smallest absolute Gasteiger partial charge is 0.258 e. The average Bonchev–Trinajstić information content (AvgIpc) is 2.75. The molecule has 0 bridgehead atoms.